The molecule has 2 N–H and O–H groups in total. The Kier molecular flexibility index (Phi) is 5.55. The highest BCUT2D eigenvalue weighted by molar-refractivity contribution is 5.78. The molecule has 3 aromatic rings. The largest absolute Gasteiger partial charge is 0.436 e. The number of para-hydroxylation sites is 1. The predicted molar refractivity (Wildman–Crippen MR) is 95.9 cm³/mol. The Bertz CT molecular complexity index is 1020. The molecule has 0 fully saturated rings. The number of aromatic nitrogens is 3. The van der Waals surface area contributed by atoms with Crippen LogP contribution in [0.4, 0.5) is 4.39 Å². The molecule has 0 atom stereocenters. The van der Waals surface area contributed by atoms with Crippen molar-refractivity contribution in [2.24, 2.45) is 0 Å². The van der Waals surface area contributed by atoms with Crippen LogP contribution in [0.5, 0.6) is 11.6 Å². The van der Waals surface area contributed by atoms with Crippen LogP contribution in [0.25, 0.3) is 0 Å². The van der Waals surface area contributed by atoms with E-state index < -0.39 is 5.82 Å². The molecule has 0 aliphatic heterocycles. The number of amides is 1. The average Bonchev–Trinajstić information content (AvgIpc) is 2.65. The van der Waals surface area contributed by atoms with E-state index in [9.17, 15) is 14.0 Å². The van der Waals surface area contributed by atoms with Gasteiger partial charge in [0.25, 0.3) is 5.56 Å². The quantitative estimate of drug-likeness (QED) is 0.696. The molecule has 0 bridgehead atoms. The number of benzene rings is 1. The molecule has 0 radical (unpaired) electrons. The van der Waals surface area contributed by atoms with Crippen molar-refractivity contribution in [3.05, 3.63) is 81.9 Å². The Hall–Kier alpha value is -3.55. The van der Waals surface area contributed by atoms with Crippen LogP contribution in [0, 0.1) is 12.7 Å². The zero-order chi connectivity index (χ0) is 19.2. The van der Waals surface area contributed by atoms with Gasteiger partial charge < -0.3 is 15.0 Å². The summed E-state index contributed by atoms with van der Waals surface area (Å²) in [6, 6.07) is 9.38. The molecule has 138 valence electrons. The lowest BCUT2D eigenvalue weighted by Gasteiger charge is -2.11. The maximum atomic E-state index is 13.8. The summed E-state index contributed by atoms with van der Waals surface area (Å²) in [5.74, 6) is -0.149. The van der Waals surface area contributed by atoms with Gasteiger partial charge in [0.15, 0.2) is 11.6 Å². The summed E-state index contributed by atoms with van der Waals surface area (Å²) in [6.45, 7) is 1.78. The average molecular weight is 368 g/mol. The second-order valence-electron chi connectivity index (χ2n) is 5.78. The lowest BCUT2D eigenvalue weighted by molar-refractivity contribution is -0.120. The number of hydrogen-bond acceptors (Lipinski definition) is 5. The minimum Gasteiger partial charge on any atom is -0.436 e. The highest BCUT2D eigenvalue weighted by Crippen LogP contribution is 2.25. The second kappa shape index (κ2) is 8.22. The van der Waals surface area contributed by atoms with Crippen molar-refractivity contribution >= 4 is 5.91 Å². The van der Waals surface area contributed by atoms with E-state index in [4.69, 9.17) is 4.74 Å². The number of pyridine rings is 1. The number of rotatable bonds is 6. The molecule has 27 heavy (non-hydrogen) atoms. The lowest BCUT2D eigenvalue weighted by atomic mass is 10.2. The fourth-order valence-corrected chi connectivity index (χ4v) is 2.35. The van der Waals surface area contributed by atoms with Crippen molar-refractivity contribution in [1.82, 2.24) is 20.3 Å². The summed E-state index contributed by atoms with van der Waals surface area (Å²) in [7, 11) is 0. The number of ether oxygens (including phenoxy) is 1. The summed E-state index contributed by atoms with van der Waals surface area (Å²) < 4.78 is 19.3. The number of H-pyrrole nitrogens is 1. The van der Waals surface area contributed by atoms with Gasteiger partial charge in [0.1, 0.15) is 5.82 Å². The van der Waals surface area contributed by atoms with Crippen LogP contribution in [0.2, 0.25) is 0 Å². The first kappa shape index (κ1) is 18.2. The molecule has 0 aliphatic carbocycles. The molecule has 2 aromatic heterocycles. The number of hydrogen-bond donors (Lipinski definition) is 2. The Balaban J connectivity index is 1.67. The Morgan fingerprint density at radius 3 is 2.78 bits per heavy atom. The predicted octanol–water partition coefficient (Wildman–Crippen LogP) is 2.26. The fourth-order valence-electron chi connectivity index (χ4n) is 2.35. The zero-order valence-corrected chi connectivity index (χ0v) is 14.5. The third-order valence-electron chi connectivity index (χ3n) is 3.72. The summed E-state index contributed by atoms with van der Waals surface area (Å²) in [5, 5.41) is 2.70. The number of aromatic amines is 1. The Morgan fingerprint density at radius 1 is 1.19 bits per heavy atom. The van der Waals surface area contributed by atoms with E-state index in [1.165, 1.54) is 24.5 Å². The van der Waals surface area contributed by atoms with Gasteiger partial charge >= 0.3 is 0 Å². The first-order valence-corrected chi connectivity index (χ1v) is 8.20. The summed E-state index contributed by atoms with van der Waals surface area (Å²) in [5.41, 5.74) is 0.500. The third kappa shape index (κ3) is 4.75. The van der Waals surface area contributed by atoms with Crippen LogP contribution in [-0.2, 0) is 17.8 Å². The van der Waals surface area contributed by atoms with Crippen LogP contribution >= 0.6 is 0 Å². The maximum absolute atomic E-state index is 13.8. The minimum atomic E-state index is -0.510. The first-order valence-electron chi connectivity index (χ1n) is 8.20. The number of aryl methyl sites for hydroxylation is 1. The van der Waals surface area contributed by atoms with E-state index in [2.05, 4.69) is 20.3 Å². The van der Waals surface area contributed by atoms with Crippen LogP contribution in [0.3, 0.4) is 0 Å². The van der Waals surface area contributed by atoms with Crippen LogP contribution in [0.15, 0.2) is 53.6 Å². The van der Waals surface area contributed by atoms with Gasteiger partial charge in [-0.3, -0.25) is 9.59 Å². The molecule has 2 heterocycles. The summed E-state index contributed by atoms with van der Waals surface area (Å²) in [4.78, 5) is 34.6. The topological polar surface area (TPSA) is 97.0 Å². The number of nitrogens with zero attached hydrogens (tertiary/aromatic N) is 2. The SMILES string of the molecule is Cc1ncc(CC(=O)NCc2cccnc2Oc2ccccc2F)c(=O)[nH]1. The van der Waals surface area contributed by atoms with Gasteiger partial charge in [-0.25, -0.2) is 14.4 Å². The van der Waals surface area contributed by atoms with E-state index in [0.29, 0.717) is 11.4 Å². The zero-order valence-electron chi connectivity index (χ0n) is 14.5. The van der Waals surface area contributed by atoms with E-state index in [1.807, 2.05) is 0 Å². The molecular weight excluding hydrogens is 351 g/mol. The number of halogens is 1. The van der Waals surface area contributed by atoms with Gasteiger partial charge in [0.05, 0.1) is 6.42 Å². The van der Waals surface area contributed by atoms with Gasteiger partial charge in [-0.2, -0.15) is 0 Å². The molecule has 8 heteroatoms. The van der Waals surface area contributed by atoms with Crippen LogP contribution < -0.4 is 15.6 Å². The molecule has 1 aromatic carbocycles. The number of carbonyl (C=O) groups excluding carboxylic acids is 1. The highest BCUT2D eigenvalue weighted by atomic mass is 19.1. The number of carbonyl (C=O) groups is 1. The standard InChI is InChI=1S/C19H17FN4O3/c1-12-22-11-14(18(26)24-12)9-17(25)23-10-13-5-4-8-21-19(13)27-16-7-3-2-6-15(16)20/h2-8,11H,9-10H2,1H3,(H,23,25)(H,22,24,26). The van der Waals surface area contributed by atoms with Gasteiger partial charge in [-0.05, 0) is 25.1 Å². The van der Waals surface area contributed by atoms with Crippen molar-refractivity contribution in [1.29, 1.82) is 0 Å². The van der Waals surface area contributed by atoms with Crippen LogP contribution in [-0.4, -0.2) is 20.9 Å². The van der Waals surface area contributed by atoms with E-state index in [-0.39, 0.29) is 41.6 Å². The molecule has 3 rings (SSSR count). The molecule has 7 nitrogen and oxygen atoms in total. The molecule has 0 unspecified atom stereocenters. The molecule has 0 saturated carbocycles. The smallest absolute Gasteiger partial charge is 0.254 e. The fraction of sp³-hybridized carbons (Fsp3) is 0.158. The maximum Gasteiger partial charge on any atom is 0.254 e. The highest BCUT2D eigenvalue weighted by Gasteiger charge is 2.12. The van der Waals surface area contributed by atoms with E-state index in [1.54, 1.807) is 31.2 Å². The molecular formula is C19H17FN4O3. The van der Waals surface area contributed by atoms with Gasteiger partial charge in [0.2, 0.25) is 11.8 Å². The van der Waals surface area contributed by atoms with Crippen molar-refractivity contribution in [3.8, 4) is 11.6 Å². The van der Waals surface area contributed by atoms with Crippen LogP contribution in [0.1, 0.15) is 17.0 Å². The van der Waals surface area contributed by atoms with Crippen molar-refractivity contribution in [2.45, 2.75) is 19.9 Å². The van der Waals surface area contributed by atoms with E-state index in [0.717, 1.165) is 0 Å². The molecule has 0 saturated heterocycles. The first-order chi connectivity index (χ1) is 13.0. The summed E-state index contributed by atoms with van der Waals surface area (Å²) >= 11 is 0. The normalized spacial score (nSPS) is 10.4. The molecule has 0 aliphatic rings. The Labute approximate surface area is 154 Å². The monoisotopic (exact) mass is 368 g/mol. The van der Waals surface area contributed by atoms with E-state index >= 15 is 0 Å². The van der Waals surface area contributed by atoms with Crippen molar-refractivity contribution < 1.29 is 13.9 Å². The van der Waals surface area contributed by atoms with Crippen molar-refractivity contribution in [2.75, 3.05) is 0 Å². The lowest BCUT2D eigenvalue weighted by Crippen LogP contribution is -2.28. The van der Waals surface area contributed by atoms with Gasteiger partial charge in [-0.1, -0.05) is 18.2 Å². The van der Waals surface area contributed by atoms with Gasteiger partial charge in [-0.15, -0.1) is 0 Å². The van der Waals surface area contributed by atoms with Gasteiger partial charge in [0, 0.05) is 30.1 Å². The van der Waals surface area contributed by atoms with Crippen molar-refractivity contribution in [3.63, 3.8) is 0 Å². The molecule has 0 spiro atoms. The molecule has 1 amide bonds. The summed E-state index contributed by atoms with van der Waals surface area (Å²) in [6.07, 6.45) is 2.79. The number of nitrogens with one attached hydrogen (secondary N) is 2. The Morgan fingerprint density at radius 2 is 2.00 bits per heavy atom. The third-order valence-corrected chi connectivity index (χ3v) is 3.72. The second-order valence-corrected chi connectivity index (χ2v) is 5.78. The minimum absolute atomic E-state index is 0.0426.